The lowest BCUT2D eigenvalue weighted by Gasteiger charge is -2.10. The third-order valence-electron chi connectivity index (χ3n) is 1.71. The highest BCUT2D eigenvalue weighted by Crippen LogP contribution is 2.25. The first-order valence-corrected chi connectivity index (χ1v) is 5.56. The summed E-state index contributed by atoms with van der Waals surface area (Å²) in [6.07, 6.45) is 0.113. The summed E-state index contributed by atoms with van der Waals surface area (Å²) in [6, 6.07) is 5.72. The summed E-state index contributed by atoms with van der Waals surface area (Å²) >= 11 is 6.72. The average molecular weight is 309 g/mol. The molecule has 0 saturated heterocycles. The van der Waals surface area contributed by atoms with Gasteiger partial charge in [-0.1, -0.05) is 31.9 Å². The summed E-state index contributed by atoms with van der Waals surface area (Å²) < 4.78 is 1.90. The Hall–Kier alpha value is 0.1000. The van der Waals surface area contributed by atoms with Gasteiger partial charge in [0, 0.05) is 8.95 Å². The van der Waals surface area contributed by atoms with Crippen LogP contribution in [0.15, 0.2) is 27.1 Å². The molecule has 72 valence electrons. The van der Waals surface area contributed by atoms with Crippen LogP contribution in [0.2, 0.25) is 0 Å². The van der Waals surface area contributed by atoms with E-state index < -0.39 is 6.10 Å². The second-order valence-corrected chi connectivity index (χ2v) is 4.63. The molecular weight excluding hydrogens is 298 g/mol. The van der Waals surface area contributed by atoms with E-state index in [0.717, 1.165) is 14.5 Å². The summed E-state index contributed by atoms with van der Waals surface area (Å²) in [6.45, 7) is 0.491. The zero-order chi connectivity index (χ0) is 9.84. The highest BCUT2D eigenvalue weighted by molar-refractivity contribution is 9.11. The summed E-state index contributed by atoms with van der Waals surface area (Å²) in [5.41, 5.74) is 6.24. The number of halogens is 2. The number of hydrogen-bond donors (Lipinski definition) is 2. The molecule has 3 N–H and O–H groups in total. The van der Waals surface area contributed by atoms with Crippen molar-refractivity contribution in [2.75, 3.05) is 6.54 Å². The smallest absolute Gasteiger partial charge is 0.0802 e. The van der Waals surface area contributed by atoms with E-state index in [0.29, 0.717) is 13.0 Å². The first kappa shape index (κ1) is 11.2. The van der Waals surface area contributed by atoms with E-state index in [1.54, 1.807) is 0 Å². The Morgan fingerprint density at radius 1 is 1.23 bits per heavy atom. The Labute approximate surface area is 94.4 Å². The van der Waals surface area contributed by atoms with Gasteiger partial charge in [-0.2, -0.15) is 0 Å². The molecule has 0 bridgehead atoms. The second-order valence-electron chi connectivity index (χ2n) is 2.80. The maximum Gasteiger partial charge on any atom is 0.0802 e. The molecular formula is C9H11Br2NO. The minimum atomic E-state index is -0.473. The Kier molecular flexibility index (Phi) is 4.38. The molecule has 0 aliphatic heterocycles. The van der Waals surface area contributed by atoms with Gasteiger partial charge in [-0.25, -0.2) is 0 Å². The molecule has 13 heavy (non-hydrogen) atoms. The fraction of sp³-hybridized carbons (Fsp3) is 0.333. The summed E-state index contributed by atoms with van der Waals surface area (Å²) in [4.78, 5) is 0. The minimum Gasteiger partial charge on any atom is -0.388 e. The molecule has 0 spiro atoms. The van der Waals surface area contributed by atoms with Gasteiger partial charge in [0.15, 0.2) is 0 Å². The van der Waals surface area contributed by atoms with E-state index >= 15 is 0 Å². The molecule has 0 amide bonds. The largest absolute Gasteiger partial charge is 0.388 e. The zero-order valence-electron chi connectivity index (χ0n) is 7.00. The lowest BCUT2D eigenvalue weighted by Crippen LogP contribution is -2.06. The van der Waals surface area contributed by atoms with Crippen molar-refractivity contribution in [2.24, 2.45) is 5.73 Å². The van der Waals surface area contributed by atoms with Crippen molar-refractivity contribution >= 4 is 31.9 Å². The van der Waals surface area contributed by atoms with Gasteiger partial charge in [0.05, 0.1) is 6.10 Å². The number of rotatable bonds is 3. The Balaban J connectivity index is 2.87. The Morgan fingerprint density at radius 2 is 1.77 bits per heavy atom. The van der Waals surface area contributed by atoms with Crippen LogP contribution in [0.5, 0.6) is 0 Å². The minimum absolute atomic E-state index is 0.473. The van der Waals surface area contributed by atoms with E-state index in [4.69, 9.17) is 5.73 Å². The molecule has 1 rings (SSSR count). The third kappa shape index (κ3) is 3.38. The SMILES string of the molecule is NCCC(O)c1cc(Br)cc(Br)c1. The topological polar surface area (TPSA) is 46.2 Å². The van der Waals surface area contributed by atoms with Crippen molar-refractivity contribution < 1.29 is 5.11 Å². The first-order valence-electron chi connectivity index (χ1n) is 3.97. The molecule has 1 aromatic rings. The summed E-state index contributed by atoms with van der Waals surface area (Å²) in [5.74, 6) is 0. The van der Waals surface area contributed by atoms with Crippen LogP contribution < -0.4 is 5.73 Å². The maximum absolute atomic E-state index is 9.65. The van der Waals surface area contributed by atoms with E-state index in [2.05, 4.69) is 31.9 Å². The predicted molar refractivity (Wildman–Crippen MR) is 60.5 cm³/mol. The monoisotopic (exact) mass is 307 g/mol. The lowest BCUT2D eigenvalue weighted by atomic mass is 10.1. The van der Waals surface area contributed by atoms with Crippen LogP contribution in [0.3, 0.4) is 0 Å². The highest BCUT2D eigenvalue weighted by atomic mass is 79.9. The number of nitrogens with two attached hydrogens (primary N) is 1. The molecule has 1 aromatic carbocycles. The van der Waals surface area contributed by atoms with Gasteiger partial charge in [0.2, 0.25) is 0 Å². The van der Waals surface area contributed by atoms with Gasteiger partial charge in [0.1, 0.15) is 0 Å². The molecule has 4 heteroatoms. The lowest BCUT2D eigenvalue weighted by molar-refractivity contribution is 0.170. The Morgan fingerprint density at radius 3 is 2.23 bits per heavy atom. The standard InChI is InChI=1S/C9H11Br2NO/c10-7-3-6(4-8(11)5-7)9(13)1-2-12/h3-5,9,13H,1-2,12H2. The van der Waals surface area contributed by atoms with Crippen LogP contribution in [0.25, 0.3) is 0 Å². The molecule has 0 saturated carbocycles. The van der Waals surface area contributed by atoms with Crippen molar-refractivity contribution in [1.82, 2.24) is 0 Å². The van der Waals surface area contributed by atoms with E-state index in [9.17, 15) is 5.11 Å². The quantitative estimate of drug-likeness (QED) is 0.901. The maximum atomic E-state index is 9.65. The molecule has 1 atom stereocenters. The average Bonchev–Trinajstić information content (AvgIpc) is 2.03. The summed E-state index contributed by atoms with van der Waals surface area (Å²) in [7, 11) is 0. The van der Waals surface area contributed by atoms with Crippen molar-refractivity contribution in [3.05, 3.63) is 32.7 Å². The molecule has 1 unspecified atom stereocenters. The van der Waals surface area contributed by atoms with Crippen molar-refractivity contribution in [1.29, 1.82) is 0 Å². The molecule has 0 aliphatic rings. The van der Waals surface area contributed by atoms with Crippen molar-refractivity contribution in [2.45, 2.75) is 12.5 Å². The number of hydrogen-bond acceptors (Lipinski definition) is 2. The molecule has 0 heterocycles. The van der Waals surface area contributed by atoms with Crippen LogP contribution in [0.1, 0.15) is 18.1 Å². The van der Waals surface area contributed by atoms with Crippen LogP contribution in [0, 0.1) is 0 Å². The van der Waals surface area contributed by atoms with Gasteiger partial charge in [0.25, 0.3) is 0 Å². The fourth-order valence-corrected chi connectivity index (χ4v) is 2.42. The van der Waals surface area contributed by atoms with E-state index in [1.807, 2.05) is 18.2 Å². The second kappa shape index (κ2) is 5.10. The third-order valence-corrected chi connectivity index (χ3v) is 2.63. The van der Waals surface area contributed by atoms with E-state index in [-0.39, 0.29) is 0 Å². The molecule has 0 radical (unpaired) electrons. The molecule has 0 fully saturated rings. The number of aliphatic hydroxyl groups excluding tert-OH is 1. The summed E-state index contributed by atoms with van der Waals surface area (Å²) in [5, 5.41) is 9.65. The van der Waals surface area contributed by atoms with Gasteiger partial charge >= 0.3 is 0 Å². The van der Waals surface area contributed by atoms with Crippen LogP contribution in [-0.4, -0.2) is 11.7 Å². The van der Waals surface area contributed by atoms with Crippen LogP contribution >= 0.6 is 31.9 Å². The van der Waals surface area contributed by atoms with Crippen LogP contribution in [0.4, 0.5) is 0 Å². The highest BCUT2D eigenvalue weighted by Gasteiger charge is 2.07. The number of benzene rings is 1. The van der Waals surface area contributed by atoms with Crippen molar-refractivity contribution in [3.8, 4) is 0 Å². The zero-order valence-corrected chi connectivity index (χ0v) is 10.2. The van der Waals surface area contributed by atoms with Gasteiger partial charge in [-0.05, 0) is 36.7 Å². The fourth-order valence-electron chi connectivity index (χ4n) is 1.09. The van der Waals surface area contributed by atoms with E-state index in [1.165, 1.54) is 0 Å². The molecule has 0 aromatic heterocycles. The van der Waals surface area contributed by atoms with Gasteiger partial charge < -0.3 is 10.8 Å². The van der Waals surface area contributed by atoms with Crippen molar-refractivity contribution in [3.63, 3.8) is 0 Å². The first-order chi connectivity index (χ1) is 6.13. The number of aliphatic hydroxyl groups is 1. The normalized spacial score (nSPS) is 12.9. The van der Waals surface area contributed by atoms with Gasteiger partial charge in [-0.3, -0.25) is 0 Å². The molecule has 0 aliphatic carbocycles. The van der Waals surface area contributed by atoms with Gasteiger partial charge in [-0.15, -0.1) is 0 Å². The Bertz CT molecular complexity index is 271. The molecule has 2 nitrogen and oxygen atoms in total. The predicted octanol–water partition coefficient (Wildman–Crippen LogP) is 2.59. The van der Waals surface area contributed by atoms with Crippen LogP contribution in [-0.2, 0) is 0 Å².